The lowest BCUT2D eigenvalue weighted by molar-refractivity contribution is 1.18. The maximum atomic E-state index is 4.56. The number of rotatable bonds is 6. The zero-order valence-electron chi connectivity index (χ0n) is 30.9. The van der Waals surface area contributed by atoms with E-state index in [1.807, 2.05) is 0 Å². The summed E-state index contributed by atoms with van der Waals surface area (Å²) < 4.78 is 2.47. The molecule has 2 heteroatoms. The molecular formula is C54H38N2. The molecule has 0 spiro atoms. The number of fused-ring (bicyclic) bond motifs is 4. The molecule has 1 aliphatic rings. The van der Waals surface area contributed by atoms with E-state index in [4.69, 9.17) is 0 Å². The Hall–Kier alpha value is -7.42. The lowest BCUT2D eigenvalue weighted by Crippen LogP contribution is -2.11. The number of para-hydroxylation sites is 2. The molecule has 0 radical (unpaired) electrons. The number of benzene rings is 8. The van der Waals surface area contributed by atoms with Crippen LogP contribution >= 0.6 is 0 Å². The average molecular weight is 715 g/mol. The Kier molecular flexibility index (Phi) is 8.35. The van der Waals surface area contributed by atoms with Gasteiger partial charge in [0.1, 0.15) is 0 Å². The van der Waals surface area contributed by atoms with Gasteiger partial charge >= 0.3 is 0 Å². The Morgan fingerprint density at radius 3 is 1.62 bits per heavy atom. The predicted octanol–water partition coefficient (Wildman–Crippen LogP) is 14.7. The number of hydrogen-bond acceptors (Lipinski definition) is 1. The van der Waals surface area contributed by atoms with Crippen LogP contribution in [0.4, 0.5) is 11.4 Å². The normalized spacial score (nSPS) is 13.6. The van der Waals surface area contributed by atoms with Crippen molar-refractivity contribution in [3.8, 4) is 50.2 Å². The van der Waals surface area contributed by atoms with E-state index in [9.17, 15) is 0 Å². The second kappa shape index (κ2) is 14.1. The zero-order valence-corrected chi connectivity index (χ0v) is 30.9. The number of hydrogen-bond donors (Lipinski definition) is 0. The minimum atomic E-state index is 0.966. The van der Waals surface area contributed by atoms with Crippen molar-refractivity contribution in [3.63, 3.8) is 0 Å². The van der Waals surface area contributed by atoms with E-state index in [0.717, 1.165) is 33.8 Å². The molecule has 1 aromatic heterocycles. The van der Waals surface area contributed by atoms with Crippen LogP contribution in [0.5, 0.6) is 0 Å². The average Bonchev–Trinajstić information content (AvgIpc) is 3.61. The SMILES string of the molecule is C=C1/C=C\C=C/N(c2ccc(-c3ccccc3)cc2)c2ccc(-c3cccc4c5ccccc5n(-c5cc(-c6ccccc6)cc(-c6ccccc6)c5)c34)cc21. The smallest absolute Gasteiger partial charge is 0.0619 e. The minimum Gasteiger partial charge on any atom is -0.317 e. The maximum Gasteiger partial charge on any atom is 0.0619 e. The van der Waals surface area contributed by atoms with Crippen molar-refractivity contribution in [2.24, 2.45) is 0 Å². The summed E-state index contributed by atoms with van der Waals surface area (Å²) >= 11 is 0. The number of nitrogens with zero attached hydrogens (tertiary/aromatic N) is 2. The lowest BCUT2D eigenvalue weighted by atomic mass is 9.95. The van der Waals surface area contributed by atoms with E-state index in [0.29, 0.717) is 0 Å². The Morgan fingerprint density at radius 2 is 0.946 bits per heavy atom. The van der Waals surface area contributed by atoms with Gasteiger partial charge in [-0.25, -0.2) is 0 Å². The van der Waals surface area contributed by atoms with Crippen molar-refractivity contribution >= 4 is 38.8 Å². The van der Waals surface area contributed by atoms with Gasteiger partial charge in [-0.05, 0) is 99.1 Å². The fraction of sp³-hybridized carbons (Fsp3) is 0. The van der Waals surface area contributed by atoms with Gasteiger partial charge in [0.2, 0.25) is 0 Å². The highest BCUT2D eigenvalue weighted by Gasteiger charge is 2.20. The van der Waals surface area contributed by atoms with E-state index < -0.39 is 0 Å². The van der Waals surface area contributed by atoms with Crippen LogP contribution < -0.4 is 4.90 Å². The molecule has 10 rings (SSSR count). The summed E-state index contributed by atoms with van der Waals surface area (Å²) in [6.07, 6.45) is 8.40. The highest BCUT2D eigenvalue weighted by Crippen LogP contribution is 2.43. The predicted molar refractivity (Wildman–Crippen MR) is 238 cm³/mol. The third kappa shape index (κ3) is 5.95. The fourth-order valence-corrected chi connectivity index (χ4v) is 8.17. The highest BCUT2D eigenvalue weighted by molar-refractivity contribution is 6.14. The molecule has 0 saturated heterocycles. The Bertz CT molecular complexity index is 2890. The topological polar surface area (TPSA) is 8.17 Å². The molecule has 0 saturated carbocycles. The van der Waals surface area contributed by atoms with Gasteiger partial charge in [0.15, 0.2) is 0 Å². The molecular weight excluding hydrogens is 677 g/mol. The Morgan fingerprint density at radius 1 is 0.375 bits per heavy atom. The van der Waals surface area contributed by atoms with E-state index in [2.05, 4.69) is 235 Å². The minimum absolute atomic E-state index is 0.966. The maximum absolute atomic E-state index is 4.56. The largest absolute Gasteiger partial charge is 0.317 e. The van der Waals surface area contributed by atoms with Crippen molar-refractivity contribution in [2.45, 2.75) is 0 Å². The first-order chi connectivity index (χ1) is 27.7. The molecule has 0 fully saturated rings. The van der Waals surface area contributed by atoms with Gasteiger partial charge in [-0.2, -0.15) is 0 Å². The van der Waals surface area contributed by atoms with Crippen LogP contribution in [0.3, 0.4) is 0 Å². The number of aromatic nitrogens is 1. The first-order valence-corrected chi connectivity index (χ1v) is 19.1. The summed E-state index contributed by atoms with van der Waals surface area (Å²) in [4.78, 5) is 2.26. The number of anilines is 2. The van der Waals surface area contributed by atoms with Gasteiger partial charge in [-0.3, -0.25) is 0 Å². The monoisotopic (exact) mass is 714 g/mol. The molecule has 0 bridgehead atoms. The third-order valence-electron chi connectivity index (χ3n) is 10.9. The first-order valence-electron chi connectivity index (χ1n) is 19.1. The van der Waals surface area contributed by atoms with Crippen molar-refractivity contribution in [2.75, 3.05) is 4.90 Å². The molecule has 0 unspecified atom stereocenters. The van der Waals surface area contributed by atoms with Crippen molar-refractivity contribution < 1.29 is 0 Å². The Balaban J connectivity index is 1.16. The summed E-state index contributed by atoms with van der Waals surface area (Å²) in [5, 5.41) is 2.45. The van der Waals surface area contributed by atoms with E-state index in [-0.39, 0.29) is 0 Å². The summed E-state index contributed by atoms with van der Waals surface area (Å²) in [5.41, 5.74) is 17.2. The van der Waals surface area contributed by atoms with E-state index >= 15 is 0 Å². The van der Waals surface area contributed by atoms with Gasteiger partial charge in [-0.1, -0.05) is 164 Å². The summed E-state index contributed by atoms with van der Waals surface area (Å²) in [6, 6.07) is 70.0. The zero-order chi connectivity index (χ0) is 37.4. The lowest BCUT2D eigenvalue weighted by Gasteiger charge is -2.26. The molecule has 2 heterocycles. The van der Waals surface area contributed by atoms with Crippen molar-refractivity contribution in [1.29, 1.82) is 0 Å². The quantitative estimate of drug-likeness (QED) is 0.166. The molecule has 8 aromatic carbocycles. The fourth-order valence-electron chi connectivity index (χ4n) is 8.17. The second-order valence-corrected chi connectivity index (χ2v) is 14.3. The summed E-state index contributed by atoms with van der Waals surface area (Å²) in [6.45, 7) is 4.56. The van der Waals surface area contributed by atoms with Crippen LogP contribution in [0.1, 0.15) is 5.56 Å². The first kappa shape index (κ1) is 33.2. The van der Waals surface area contributed by atoms with Gasteiger partial charge in [0, 0.05) is 39.5 Å². The van der Waals surface area contributed by atoms with Crippen LogP contribution in [0.2, 0.25) is 0 Å². The molecule has 1 aliphatic heterocycles. The van der Waals surface area contributed by atoms with Gasteiger partial charge in [0.05, 0.1) is 16.7 Å². The van der Waals surface area contributed by atoms with E-state index in [1.165, 1.54) is 60.8 Å². The van der Waals surface area contributed by atoms with Crippen LogP contribution in [-0.4, -0.2) is 4.57 Å². The van der Waals surface area contributed by atoms with Crippen molar-refractivity contribution in [1.82, 2.24) is 4.57 Å². The summed E-state index contributed by atoms with van der Waals surface area (Å²) in [7, 11) is 0. The Labute approximate surface area is 327 Å². The molecule has 56 heavy (non-hydrogen) atoms. The van der Waals surface area contributed by atoms with Crippen molar-refractivity contribution in [3.05, 3.63) is 231 Å². The van der Waals surface area contributed by atoms with Gasteiger partial charge in [0.25, 0.3) is 0 Å². The molecule has 0 N–H and O–H groups in total. The summed E-state index contributed by atoms with van der Waals surface area (Å²) in [5.74, 6) is 0. The van der Waals surface area contributed by atoms with Crippen LogP contribution in [-0.2, 0) is 0 Å². The van der Waals surface area contributed by atoms with Crippen LogP contribution in [0.15, 0.2) is 225 Å². The molecule has 0 amide bonds. The van der Waals surface area contributed by atoms with Gasteiger partial charge < -0.3 is 9.47 Å². The van der Waals surface area contributed by atoms with Gasteiger partial charge in [-0.15, -0.1) is 0 Å². The molecule has 9 aromatic rings. The standard InChI is InChI=1S/C54H38N2/c1-38-16-13-14-33-55(46-30-27-42(28-31-46)39-17-5-2-6-18-39)52-32-29-43(37-51(38)52)48-24-15-25-50-49-23-11-12-26-53(49)56(54(48)50)47-35-44(40-19-7-3-8-20-40)34-45(36-47)41-21-9-4-10-22-41/h2-37H,1H2/b16-13-,33-14-. The van der Waals surface area contributed by atoms with E-state index in [1.54, 1.807) is 0 Å². The number of allylic oxidation sites excluding steroid dienone is 4. The molecule has 2 nitrogen and oxygen atoms in total. The van der Waals surface area contributed by atoms with Crippen LogP contribution in [0.25, 0.3) is 77.6 Å². The van der Waals surface area contributed by atoms with Crippen LogP contribution in [0, 0.1) is 0 Å². The molecule has 0 atom stereocenters. The third-order valence-corrected chi connectivity index (χ3v) is 10.9. The molecule has 264 valence electrons. The molecule has 0 aliphatic carbocycles. The highest BCUT2D eigenvalue weighted by atomic mass is 15.1. The second-order valence-electron chi connectivity index (χ2n) is 14.3.